The van der Waals surface area contributed by atoms with E-state index in [1.165, 1.54) is 4.31 Å². The number of piperazine rings is 1. The molecule has 0 spiro atoms. The number of carboxylic acids is 1. The van der Waals surface area contributed by atoms with Gasteiger partial charge in [-0.3, -0.25) is 9.59 Å². The Hall–Kier alpha value is -1.93. The molecule has 25 heavy (non-hydrogen) atoms. The third-order valence-corrected chi connectivity index (χ3v) is 7.14. The van der Waals surface area contributed by atoms with Crippen molar-refractivity contribution in [3.8, 4) is 0 Å². The number of amides is 1. The van der Waals surface area contributed by atoms with Gasteiger partial charge < -0.3 is 10.0 Å². The molecule has 1 aliphatic heterocycles. The van der Waals surface area contributed by atoms with Gasteiger partial charge in [-0.15, -0.1) is 0 Å². The van der Waals surface area contributed by atoms with Crippen LogP contribution in [-0.4, -0.2) is 60.8 Å². The summed E-state index contributed by atoms with van der Waals surface area (Å²) in [7, 11) is -3.55. The van der Waals surface area contributed by atoms with Crippen LogP contribution in [0.3, 0.4) is 0 Å². The lowest BCUT2D eigenvalue weighted by Gasteiger charge is -2.40. The molecule has 1 saturated carbocycles. The van der Waals surface area contributed by atoms with Gasteiger partial charge in [-0.05, 0) is 25.0 Å². The number of rotatable bonds is 5. The van der Waals surface area contributed by atoms with Crippen LogP contribution >= 0.6 is 0 Å². The fourth-order valence-corrected chi connectivity index (χ4v) is 4.83. The number of hydrogen-bond acceptors (Lipinski definition) is 4. The van der Waals surface area contributed by atoms with Crippen molar-refractivity contribution in [1.82, 2.24) is 9.21 Å². The monoisotopic (exact) mass is 366 g/mol. The zero-order valence-electron chi connectivity index (χ0n) is 13.9. The molecular formula is C17H22N2O5S. The summed E-state index contributed by atoms with van der Waals surface area (Å²) in [6.07, 6.45) is 1.92. The normalized spacial score (nSPS) is 20.7. The van der Waals surface area contributed by atoms with Gasteiger partial charge >= 0.3 is 5.97 Å². The summed E-state index contributed by atoms with van der Waals surface area (Å²) >= 11 is 0. The van der Waals surface area contributed by atoms with E-state index in [1.807, 2.05) is 0 Å². The second-order valence-corrected chi connectivity index (χ2v) is 8.65. The average molecular weight is 366 g/mol. The molecule has 1 aliphatic carbocycles. The fraction of sp³-hybridized carbons (Fsp3) is 0.529. The standard InChI is InChI=1S/C17H22N2O5S/c20-15(13-17(16(21)22)7-4-8-17)18-9-11-19(12-10-18)25(23,24)14-5-2-1-3-6-14/h1-3,5-6H,4,7-13H2,(H,21,22). The van der Waals surface area contributed by atoms with E-state index >= 15 is 0 Å². The van der Waals surface area contributed by atoms with Crippen molar-refractivity contribution in [3.05, 3.63) is 30.3 Å². The Balaban J connectivity index is 1.60. The maximum absolute atomic E-state index is 12.6. The number of nitrogens with zero attached hydrogens (tertiary/aromatic N) is 2. The van der Waals surface area contributed by atoms with Crippen LogP contribution in [0.1, 0.15) is 25.7 Å². The molecule has 1 N–H and O–H groups in total. The maximum Gasteiger partial charge on any atom is 0.310 e. The SMILES string of the molecule is O=C(CC1(C(=O)O)CCC1)N1CCN(S(=O)(=O)c2ccccc2)CC1. The van der Waals surface area contributed by atoms with Gasteiger partial charge in [0, 0.05) is 32.6 Å². The van der Waals surface area contributed by atoms with Crippen molar-refractivity contribution in [2.75, 3.05) is 26.2 Å². The van der Waals surface area contributed by atoms with Gasteiger partial charge in [0.05, 0.1) is 10.3 Å². The van der Waals surface area contributed by atoms with Crippen LogP contribution in [0.4, 0.5) is 0 Å². The molecule has 2 fully saturated rings. The van der Waals surface area contributed by atoms with Crippen molar-refractivity contribution < 1.29 is 23.1 Å². The molecule has 1 saturated heterocycles. The Morgan fingerprint density at radius 3 is 2.12 bits per heavy atom. The van der Waals surface area contributed by atoms with Gasteiger partial charge in [0.1, 0.15) is 0 Å². The highest BCUT2D eigenvalue weighted by Crippen LogP contribution is 2.44. The molecule has 0 radical (unpaired) electrons. The molecule has 1 heterocycles. The van der Waals surface area contributed by atoms with Crippen LogP contribution in [0.5, 0.6) is 0 Å². The molecule has 1 aromatic rings. The number of hydrogen-bond donors (Lipinski definition) is 1. The fourth-order valence-electron chi connectivity index (χ4n) is 3.39. The highest BCUT2D eigenvalue weighted by molar-refractivity contribution is 7.89. The van der Waals surface area contributed by atoms with Crippen LogP contribution < -0.4 is 0 Å². The molecule has 8 heteroatoms. The molecule has 1 amide bonds. The number of sulfonamides is 1. The van der Waals surface area contributed by atoms with E-state index in [-0.39, 0.29) is 30.3 Å². The van der Waals surface area contributed by atoms with Crippen molar-refractivity contribution in [1.29, 1.82) is 0 Å². The summed E-state index contributed by atoms with van der Waals surface area (Å²) in [5, 5.41) is 9.35. The van der Waals surface area contributed by atoms with Gasteiger partial charge in [0.15, 0.2) is 0 Å². The van der Waals surface area contributed by atoms with Gasteiger partial charge in [0.25, 0.3) is 0 Å². The molecule has 0 bridgehead atoms. The van der Waals surface area contributed by atoms with Crippen molar-refractivity contribution in [2.24, 2.45) is 5.41 Å². The first-order valence-electron chi connectivity index (χ1n) is 8.42. The van der Waals surface area contributed by atoms with Gasteiger partial charge in [-0.25, -0.2) is 8.42 Å². The van der Waals surface area contributed by atoms with Gasteiger partial charge in [-0.1, -0.05) is 24.6 Å². The predicted octanol–water partition coefficient (Wildman–Crippen LogP) is 1.16. The number of aliphatic carboxylic acids is 1. The zero-order valence-corrected chi connectivity index (χ0v) is 14.7. The lowest BCUT2D eigenvalue weighted by molar-refractivity contribution is -0.159. The smallest absolute Gasteiger partial charge is 0.310 e. The quantitative estimate of drug-likeness (QED) is 0.844. The summed E-state index contributed by atoms with van der Waals surface area (Å²) in [4.78, 5) is 25.7. The molecule has 0 aromatic heterocycles. The Bertz CT molecular complexity index is 751. The molecule has 0 atom stereocenters. The lowest BCUT2D eigenvalue weighted by atomic mass is 9.66. The summed E-state index contributed by atoms with van der Waals surface area (Å²) in [6.45, 7) is 1.03. The average Bonchev–Trinajstić information content (AvgIpc) is 2.58. The minimum atomic E-state index is -3.55. The van der Waals surface area contributed by atoms with E-state index in [0.717, 1.165) is 6.42 Å². The molecule has 1 aromatic carbocycles. The molecule has 2 aliphatic rings. The Morgan fingerprint density at radius 1 is 1.04 bits per heavy atom. The van der Waals surface area contributed by atoms with E-state index in [9.17, 15) is 23.1 Å². The lowest BCUT2D eigenvalue weighted by Crippen LogP contribution is -2.52. The Labute approximate surface area is 147 Å². The van der Waals surface area contributed by atoms with E-state index < -0.39 is 21.4 Å². The second kappa shape index (κ2) is 6.76. The molecule has 3 rings (SSSR count). The van der Waals surface area contributed by atoms with Crippen LogP contribution in [0.15, 0.2) is 35.2 Å². The van der Waals surface area contributed by atoms with Crippen LogP contribution in [0, 0.1) is 5.41 Å². The number of carbonyl (C=O) groups is 2. The third kappa shape index (κ3) is 3.41. The van der Waals surface area contributed by atoms with E-state index in [4.69, 9.17) is 0 Å². The van der Waals surface area contributed by atoms with E-state index in [1.54, 1.807) is 35.2 Å². The maximum atomic E-state index is 12.6. The van der Waals surface area contributed by atoms with Crippen molar-refractivity contribution in [3.63, 3.8) is 0 Å². The minimum Gasteiger partial charge on any atom is -0.481 e. The number of carbonyl (C=O) groups excluding carboxylic acids is 1. The third-order valence-electron chi connectivity index (χ3n) is 5.23. The Morgan fingerprint density at radius 2 is 1.64 bits per heavy atom. The van der Waals surface area contributed by atoms with Crippen LogP contribution in [-0.2, 0) is 19.6 Å². The van der Waals surface area contributed by atoms with E-state index in [2.05, 4.69) is 0 Å². The van der Waals surface area contributed by atoms with Crippen molar-refractivity contribution >= 4 is 21.9 Å². The zero-order chi connectivity index (χ0) is 18.1. The molecule has 0 unspecified atom stereocenters. The van der Waals surface area contributed by atoms with Gasteiger partial charge in [0.2, 0.25) is 15.9 Å². The topological polar surface area (TPSA) is 95.0 Å². The largest absolute Gasteiger partial charge is 0.481 e. The number of carboxylic acid groups (broad SMARTS) is 1. The summed E-state index contributed by atoms with van der Waals surface area (Å²) in [6, 6.07) is 8.22. The molecule has 7 nitrogen and oxygen atoms in total. The van der Waals surface area contributed by atoms with Crippen LogP contribution in [0.25, 0.3) is 0 Å². The first kappa shape index (κ1) is 17.9. The predicted molar refractivity (Wildman–Crippen MR) is 90.3 cm³/mol. The Kier molecular flexibility index (Phi) is 4.83. The minimum absolute atomic E-state index is 0.00771. The summed E-state index contributed by atoms with van der Waals surface area (Å²) in [5.41, 5.74) is -0.912. The molecular weight excluding hydrogens is 344 g/mol. The highest BCUT2D eigenvalue weighted by atomic mass is 32.2. The second-order valence-electron chi connectivity index (χ2n) is 6.71. The number of benzene rings is 1. The van der Waals surface area contributed by atoms with E-state index in [0.29, 0.717) is 25.9 Å². The van der Waals surface area contributed by atoms with Crippen LogP contribution in [0.2, 0.25) is 0 Å². The van der Waals surface area contributed by atoms with Gasteiger partial charge in [-0.2, -0.15) is 4.31 Å². The summed E-state index contributed by atoms with van der Waals surface area (Å²) < 4.78 is 26.5. The molecule has 136 valence electrons. The first-order valence-corrected chi connectivity index (χ1v) is 9.86. The van der Waals surface area contributed by atoms with Crippen molar-refractivity contribution in [2.45, 2.75) is 30.6 Å². The summed E-state index contributed by atoms with van der Waals surface area (Å²) in [5.74, 6) is -1.10. The highest BCUT2D eigenvalue weighted by Gasteiger charge is 2.46. The first-order chi connectivity index (χ1) is 11.8.